The van der Waals surface area contributed by atoms with Crippen molar-refractivity contribution in [3.05, 3.63) is 34.9 Å². The van der Waals surface area contributed by atoms with Crippen LogP contribution in [0.2, 0.25) is 0 Å². The number of carbonyl (C=O) groups excluding carboxylic acids is 2. The maximum Gasteiger partial charge on any atom is 0.328 e. The first-order chi connectivity index (χ1) is 10.5. The van der Waals surface area contributed by atoms with Gasteiger partial charge in [-0.2, -0.15) is 0 Å². The Morgan fingerprint density at radius 3 is 2.59 bits per heavy atom. The van der Waals surface area contributed by atoms with Gasteiger partial charge in [0.2, 0.25) is 5.91 Å². The molecule has 0 spiro atoms. The summed E-state index contributed by atoms with van der Waals surface area (Å²) in [6, 6.07) is 5.32. The first-order valence-electron chi connectivity index (χ1n) is 7.54. The Morgan fingerprint density at radius 2 is 2.05 bits per heavy atom. The van der Waals surface area contributed by atoms with E-state index >= 15 is 0 Å². The second kappa shape index (κ2) is 7.40. The van der Waals surface area contributed by atoms with E-state index in [1.807, 2.05) is 32.0 Å². The molecule has 1 aliphatic heterocycles. The van der Waals surface area contributed by atoms with Gasteiger partial charge in [-0.05, 0) is 37.0 Å². The molecule has 1 saturated heterocycles. The lowest BCUT2D eigenvalue weighted by atomic mass is 9.96. The van der Waals surface area contributed by atoms with E-state index in [1.165, 1.54) is 7.11 Å². The number of hydrogen-bond acceptors (Lipinski definition) is 4. The van der Waals surface area contributed by atoms with Crippen molar-refractivity contribution < 1.29 is 19.1 Å². The summed E-state index contributed by atoms with van der Waals surface area (Å²) in [6.07, 6.45) is 1.13. The van der Waals surface area contributed by atoms with Gasteiger partial charge in [-0.25, -0.2) is 4.79 Å². The standard InChI is InChI=1S/C17H23NO4/c1-11-5-4-6-12(2)14(11)9-15(17(20)21-3)18-16(19)13-7-8-22-10-13/h4-6,13,15H,7-10H2,1-3H3,(H,18,19)/t13-,15-/m0/s1. The molecule has 120 valence electrons. The maximum absolute atomic E-state index is 12.2. The smallest absolute Gasteiger partial charge is 0.328 e. The minimum Gasteiger partial charge on any atom is -0.467 e. The van der Waals surface area contributed by atoms with Gasteiger partial charge < -0.3 is 14.8 Å². The number of methoxy groups -OCH3 is 1. The normalized spacial score (nSPS) is 18.8. The number of benzene rings is 1. The Morgan fingerprint density at radius 1 is 1.36 bits per heavy atom. The van der Waals surface area contributed by atoms with Crippen LogP contribution < -0.4 is 5.32 Å². The minimum absolute atomic E-state index is 0.140. The zero-order valence-corrected chi connectivity index (χ0v) is 13.3. The first-order valence-corrected chi connectivity index (χ1v) is 7.54. The van der Waals surface area contributed by atoms with E-state index < -0.39 is 12.0 Å². The van der Waals surface area contributed by atoms with E-state index in [4.69, 9.17) is 9.47 Å². The Kier molecular flexibility index (Phi) is 5.55. The van der Waals surface area contributed by atoms with Crippen molar-refractivity contribution in [2.45, 2.75) is 32.7 Å². The topological polar surface area (TPSA) is 64.6 Å². The molecule has 0 aliphatic carbocycles. The lowest BCUT2D eigenvalue weighted by Gasteiger charge is -2.20. The molecule has 0 bridgehead atoms. The summed E-state index contributed by atoms with van der Waals surface area (Å²) in [5.41, 5.74) is 3.28. The van der Waals surface area contributed by atoms with Gasteiger partial charge in [0.15, 0.2) is 0 Å². The predicted octanol–water partition coefficient (Wildman–Crippen LogP) is 1.54. The van der Waals surface area contributed by atoms with Crippen LogP contribution in [0.1, 0.15) is 23.1 Å². The second-order valence-electron chi connectivity index (χ2n) is 5.72. The Bertz CT molecular complexity index is 529. The SMILES string of the molecule is COC(=O)[C@H](Cc1c(C)cccc1C)NC(=O)[C@H]1CCOC1. The maximum atomic E-state index is 12.2. The summed E-state index contributed by atoms with van der Waals surface area (Å²) in [5.74, 6) is -0.737. The molecule has 5 nitrogen and oxygen atoms in total. The third-order valence-corrected chi connectivity index (χ3v) is 4.16. The van der Waals surface area contributed by atoms with Gasteiger partial charge in [-0.1, -0.05) is 18.2 Å². The van der Waals surface area contributed by atoms with Gasteiger partial charge >= 0.3 is 5.97 Å². The van der Waals surface area contributed by atoms with Gasteiger partial charge in [0.25, 0.3) is 0 Å². The van der Waals surface area contributed by atoms with Crippen LogP contribution in [-0.2, 0) is 25.5 Å². The van der Waals surface area contributed by atoms with Crippen LogP contribution in [0.15, 0.2) is 18.2 Å². The second-order valence-corrected chi connectivity index (χ2v) is 5.72. The molecule has 0 saturated carbocycles. The number of nitrogens with one attached hydrogen (secondary N) is 1. The molecule has 1 heterocycles. The van der Waals surface area contributed by atoms with E-state index in [2.05, 4.69) is 5.32 Å². The van der Waals surface area contributed by atoms with E-state index in [0.29, 0.717) is 26.1 Å². The molecule has 1 aromatic rings. The van der Waals surface area contributed by atoms with Crippen molar-refractivity contribution >= 4 is 11.9 Å². The summed E-state index contributed by atoms with van der Waals surface area (Å²) in [7, 11) is 1.34. The van der Waals surface area contributed by atoms with Crippen LogP contribution in [0.4, 0.5) is 0 Å². The molecular formula is C17H23NO4. The fourth-order valence-corrected chi connectivity index (χ4v) is 2.74. The van der Waals surface area contributed by atoms with E-state index in [1.54, 1.807) is 0 Å². The number of amides is 1. The summed E-state index contributed by atoms with van der Waals surface area (Å²) in [5, 5.41) is 2.82. The van der Waals surface area contributed by atoms with Crippen molar-refractivity contribution in [1.29, 1.82) is 0 Å². The molecule has 1 fully saturated rings. The summed E-state index contributed by atoms with van der Waals surface area (Å²) in [4.78, 5) is 24.3. The summed E-state index contributed by atoms with van der Waals surface area (Å²) < 4.78 is 10.1. The van der Waals surface area contributed by atoms with Crippen molar-refractivity contribution in [3.63, 3.8) is 0 Å². The molecule has 5 heteroatoms. The van der Waals surface area contributed by atoms with Crippen molar-refractivity contribution in [3.8, 4) is 0 Å². The monoisotopic (exact) mass is 305 g/mol. The highest BCUT2D eigenvalue weighted by Crippen LogP contribution is 2.17. The van der Waals surface area contributed by atoms with Gasteiger partial charge in [-0.3, -0.25) is 4.79 Å². The van der Waals surface area contributed by atoms with Crippen molar-refractivity contribution in [2.75, 3.05) is 20.3 Å². The third-order valence-electron chi connectivity index (χ3n) is 4.16. The molecule has 22 heavy (non-hydrogen) atoms. The number of carbonyl (C=O) groups is 2. The highest BCUT2D eigenvalue weighted by molar-refractivity contribution is 5.86. The highest BCUT2D eigenvalue weighted by Gasteiger charge is 2.29. The van der Waals surface area contributed by atoms with E-state index in [-0.39, 0.29) is 11.8 Å². The molecule has 1 aromatic carbocycles. The molecule has 1 N–H and O–H groups in total. The Hall–Kier alpha value is -1.88. The molecule has 1 aliphatic rings. The predicted molar refractivity (Wildman–Crippen MR) is 82.5 cm³/mol. The number of ether oxygens (including phenoxy) is 2. The Balaban J connectivity index is 2.12. The average molecular weight is 305 g/mol. The van der Waals surface area contributed by atoms with Crippen LogP contribution in [0, 0.1) is 19.8 Å². The van der Waals surface area contributed by atoms with Crippen LogP contribution in [0.25, 0.3) is 0 Å². The molecule has 2 atom stereocenters. The molecule has 0 aromatic heterocycles. The zero-order valence-electron chi connectivity index (χ0n) is 13.3. The van der Waals surface area contributed by atoms with Gasteiger partial charge in [-0.15, -0.1) is 0 Å². The van der Waals surface area contributed by atoms with E-state index in [9.17, 15) is 9.59 Å². The van der Waals surface area contributed by atoms with Gasteiger partial charge in [0.1, 0.15) is 6.04 Å². The summed E-state index contributed by atoms with van der Waals surface area (Å²) >= 11 is 0. The number of esters is 1. The molecule has 0 unspecified atom stereocenters. The van der Waals surface area contributed by atoms with Crippen LogP contribution >= 0.6 is 0 Å². The highest BCUT2D eigenvalue weighted by atomic mass is 16.5. The third kappa shape index (κ3) is 3.85. The lowest BCUT2D eigenvalue weighted by Crippen LogP contribution is -2.45. The number of hydrogen-bond donors (Lipinski definition) is 1. The van der Waals surface area contributed by atoms with Crippen LogP contribution in [-0.4, -0.2) is 38.2 Å². The van der Waals surface area contributed by atoms with E-state index in [0.717, 1.165) is 16.7 Å². The van der Waals surface area contributed by atoms with Crippen molar-refractivity contribution in [1.82, 2.24) is 5.32 Å². The van der Waals surface area contributed by atoms with Crippen molar-refractivity contribution in [2.24, 2.45) is 5.92 Å². The number of rotatable bonds is 5. The molecule has 0 radical (unpaired) electrons. The van der Waals surface area contributed by atoms with Crippen LogP contribution in [0.3, 0.4) is 0 Å². The zero-order chi connectivity index (χ0) is 16.1. The van der Waals surface area contributed by atoms with Crippen LogP contribution in [0.5, 0.6) is 0 Å². The fraction of sp³-hybridized carbons (Fsp3) is 0.529. The molecule has 1 amide bonds. The number of aryl methyl sites for hydroxylation is 2. The molecule has 2 rings (SSSR count). The largest absolute Gasteiger partial charge is 0.467 e. The Labute approximate surface area is 131 Å². The molecular weight excluding hydrogens is 282 g/mol. The fourth-order valence-electron chi connectivity index (χ4n) is 2.74. The quantitative estimate of drug-likeness (QED) is 0.838. The van der Waals surface area contributed by atoms with Gasteiger partial charge in [0.05, 0.1) is 19.6 Å². The minimum atomic E-state index is -0.669. The van der Waals surface area contributed by atoms with Gasteiger partial charge in [0, 0.05) is 13.0 Å². The summed E-state index contributed by atoms with van der Waals surface area (Å²) in [6.45, 7) is 5.02. The average Bonchev–Trinajstić information content (AvgIpc) is 3.03. The lowest BCUT2D eigenvalue weighted by molar-refractivity contribution is -0.145. The first kappa shape index (κ1) is 16.5.